The predicted molar refractivity (Wildman–Crippen MR) is 68.6 cm³/mol. The van der Waals surface area contributed by atoms with Gasteiger partial charge in [-0.2, -0.15) is 0 Å². The summed E-state index contributed by atoms with van der Waals surface area (Å²) in [6.45, 7) is 0.498. The van der Waals surface area contributed by atoms with E-state index in [0.717, 1.165) is 21.5 Å². The van der Waals surface area contributed by atoms with E-state index < -0.39 is 0 Å². The number of halogens is 1. The first-order chi connectivity index (χ1) is 7.65. The highest BCUT2D eigenvalue weighted by molar-refractivity contribution is 9.10. The SMILES string of the molecule is Nc1cc(Br)cnc1NCc1csc(=O)[nH]1. The van der Waals surface area contributed by atoms with Crippen LogP contribution in [0.4, 0.5) is 11.5 Å². The lowest BCUT2D eigenvalue weighted by Gasteiger charge is -2.06. The molecule has 0 atom stereocenters. The summed E-state index contributed by atoms with van der Waals surface area (Å²) in [5.74, 6) is 0.607. The summed E-state index contributed by atoms with van der Waals surface area (Å²) in [5.41, 5.74) is 7.15. The normalized spacial score (nSPS) is 10.3. The molecule has 0 radical (unpaired) electrons. The lowest BCUT2D eigenvalue weighted by atomic mass is 10.4. The van der Waals surface area contributed by atoms with Crippen LogP contribution < -0.4 is 15.9 Å². The number of H-pyrrole nitrogens is 1. The van der Waals surface area contributed by atoms with Crippen molar-refractivity contribution < 1.29 is 0 Å². The highest BCUT2D eigenvalue weighted by Crippen LogP contribution is 2.20. The Morgan fingerprint density at radius 1 is 1.62 bits per heavy atom. The molecule has 0 unspecified atom stereocenters. The minimum absolute atomic E-state index is 0.0615. The Balaban J connectivity index is 2.07. The summed E-state index contributed by atoms with van der Waals surface area (Å²) in [5, 5.41) is 4.82. The third-order valence-electron chi connectivity index (χ3n) is 1.90. The molecule has 2 aromatic rings. The Hall–Kier alpha value is -1.34. The van der Waals surface area contributed by atoms with E-state index in [1.807, 2.05) is 0 Å². The van der Waals surface area contributed by atoms with Crippen LogP contribution in [0.15, 0.2) is 26.9 Å². The van der Waals surface area contributed by atoms with E-state index in [9.17, 15) is 4.79 Å². The van der Waals surface area contributed by atoms with Crippen LogP contribution in [-0.2, 0) is 6.54 Å². The number of nitrogens with one attached hydrogen (secondary N) is 2. The molecule has 0 saturated carbocycles. The maximum atomic E-state index is 10.9. The fourth-order valence-corrected chi connectivity index (χ4v) is 2.11. The molecule has 5 nitrogen and oxygen atoms in total. The van der Waals surface area contributed by atoms with Gasteiger partial charge in [-0.3, -0.25) is 4.79 Å². The van der Waals surface area contributed by atoms with Crippen molar-refractivity contribution in [3.05, 3.63) is 37.5 Å². The van der Waals surface area contributed by atoms with E-state index in [1.54, 1.807) is 17.6 Å². The zero-order valence-corrected chi connectivity index (χ0v) is 10.6. The molecule has 0 bridgehead atoms. The first-order valence-corrected chi connectivity index (χ1v) is 6.14. The number of thiazole rings is 1. The van der Waals surface area contributed by atoms with Crippen molar-refractivity contribution in [2.24, 2.45) is 0 Å². The van der Waals surface area contributed by atoms with Gasteiger partial charge in [-0.1, -0.05) is 11.3 Å². The second-order valence-electron chi connectivity index (χ2n) is 3.12. The molecule has 0 saturated heterocycles. The minimum atomic E-state index is -0.0615. The molecule has 2 aromatic heterocycles. The first-order valence-electron chi connectivity index (χ1n) is 4.47. The van der Waals surface area contributed by atoms with Crippen LogP contribution in [0.2, 0.25) is 0 Å². The quantitative estimate of drug-likeness (QED) is 0.807. The molecule has 0 fully saturated rings. The van der Waals surface area contributed by atoms with Crippen molar-refractivity contribution in [2.75, 3.05) is 11.1 Å². The van der Waals surface area contributed by atoms with E-state index in [4.69, 9.17) is 5.73 Å². The highest BCUT2D eigenvalue weighted by atomic mass is 79.9. The third kappa shape index (κ3) is 2.61. The molecule has 0 aromatic carbocycles. The molecule has 0 aliphatic rings. The second-order valence-corrected chi connectivity index (χ2v) is 4.88. The third-order valence-corrected chi connectivity index (χ3v) is 3.05. The summed E-state index contributed by atoms with van der Waals surface area (Å²) in [6, 6.07) is 1.77. The van der Waals surface area contributed by atoms with E-state index in [2.05, 4.69) is 31.2 Å². The van der Waals surface area contributed by atoms with Crippen molar-refractivity contribution in [3.63, 3.8) is 0 Å². The van der Waals surface area contributed by atoms with Crippen LogP contribution in [0, 0.1) is 0 Å². The van der Waals surface area contributed by atoms with Gasteiger partial charge in [0.15, 0.2) is 0 Å². The maximum Gasteiger partial charge on any atom is 0.304 e. The summed E-state index contributed by atoms with van der Waals surface area (Å²) >= 11 is 4.42. The average Bonchev–Trinajstić information content (AvgIpc) is 2.63. The molecule has 16 heavy (non-hydrogen) atoms. The van der Waals surface area contributed by atoms with Crippen molar-refractivity contribution in [1.82, 2.24) is 9.97 Å². The number of aromatic amines is 1. The molecular weight excluding hydrogens is 292 g/mol. The molecule has 2 heterocycles. The lowest BCUT2D eigenvalue weighted by Crippen LogP contribution is -2.06. The topological polar surface area (TPSA) is 83.8 Å². The molecule has 0 aliphatic heterocycles. The monoisotopic (exact) mass is 300 g/mol. The van der Waals surface area contributed by atoms with Gasteiger partial charge in [0.05, 0.1) is 12.2 Å². The summed E-state index contributed by atoms with van der Waals surface area (Å²) in [6.07, 6.45) is 1.66. The standard InChI is InChI=1S/C9H9BrN4OS/c10-5-1-7(11)8(12-2-5)13-3-6-4-16-9(15)14-6/h1-2,4H,3,11H2,(H,12,13)(H,14,15). The number of rotatable bonds is 3. The van der Waals surface area contributed by atoms with Crippen LogP contribution in [0.1, 0.15) is 5.69 Å². The average molecular weight is 301 g/mol. The fourth-order valence-electron chi connectivity index (χ4n) is 1.18. The first kappa shape index (κ1) is 11.2. The van der Waals surface area contributed by atoms with Crippen LogP contribution in [0.5, 0.6) is 0 Å². The maximum absolute atomic E-state index is 10.9. The van der Waals surface area contributed by atoms with Gasteiger partial charge in [0.25, 0.3) is 0 Å². The zero-order chi connectivity index (χ0) is 11.5. The number of anilines is 2. The highest BCUT2D eigenvalue weighted by Gasteiger charge is 2.02. The Morgan fingerprint density at radius 3 is 3.06 bits per heavy atom. The molecule has 4 N–H and O–H groups in total. The van der Waals surface area contributed by atoms with Crippen LogP contribution in [-0.4, -0.2) is 9.97 Å². The number of aromatic nitrogens is 2. The second kappa shape index (κ2) is 4.67. The van der Waals surface area contributed by atoms with Gasteiger partial charge in [-0.25, -0.2) is 4.98 Å². The Kier molecular flexibility index (Phi) is 3.25. The van der Waals surface area contributed by atoms with E-state index >= 15 is 0 Å². The van der Waals surface area contributed by atoms with Crippen molar-refractivity contribution >= 4 is 38.8 Å². The molecule has 2 rings (SSSR count). The van der Waals surface area contributed by atoms with Gasteiger partial charge >= 0.3 is 4.87 Å². The molecular formula is C9H9BrN4OS. The molecule has 0 aliphatic carbocycles. The van der Waals surface area contributed by atoms with E-state index in [1.165, 1.54) is 0 Å². The number of hydrogen-bond acceptors (Lipinski definition) is 5. The van der Waals surface area contributed by atoms with Gasteiger partial charge in [0.2, 0.25) is 0 Å². The summed E-state index contributed by atoms with van der Waals surface area (Å²) in [4.78, 5) is 17.7. The Labute approximate surface area is 104 Å². The number of hydrogen-bond donors (Lipinski definition) is 3. The summed E-state index contributed by atoms with van der Waals surface area (Å²) in [7, 11) is 0. The Bertz CT molecular complexity index is 550. The van der Waals surface area contributed by atoms with Gasteiger partial charge < -0.3 is 16.0 Å². The van der Waals surface area contributed by atoms with E-state index in [-0.39, 0.29) is 4.87 Å². The minimum Gasteiger partial charge on any atom is -0.396 e. The zero-order valence-electron chi connectivity index (χ0n) is 8.16. The van der Waals surface area contributed by atoms with Gasteiger partial charge in [0.1, 0.15) is 5.82 Å². The summed E-state index contributed by atoms with van der Waals surface area (Å²) < 4.78 is 0.833. The van der Waals surface area contributed by atoms with Crippen LogP contribution >= 0.6 is 27.3 Å². The van der Waals surface area contributed by atoms with Gasteiger partial charge in [0, 0.05) is 21.7 Å². The van der Waals surface area contributed by atoms with Gasteiger partial charge in [-0.05, 0) is 22.0 Å². The Morgan fingerprint density at radius 2 is 2.44 bits per heavy atom. The van der Waals surface area contributed by atoms with Crippen LogP contribution in [0.25, 0.3) is 0 Å². The van der Waals surface area contributed by atoms with Crippen molar-refractivity contribution in [3.8, 4) is 0 Å². The molecule has 7 heteroatoms. The predicted octanol–water partition coefficient (Wildman–Crippen LogP) is 1.79. The molecule has 0 spiro atoms. The fraction of sp³-hybridized carbons (Fsp3) is 0.111. The van der Waals surface area contributed by atoms with Crippen molar-refractivity contribution in [2.45, 2.75) is 6.54 Å². The largest absolute Gasteiger partial charge is 0.396 e. The lowest BCUT2D eigenvalue weighted by molar-refractivity contribution is 1.04. The number of nitrogens with two attached hydrogens (primary N) is 1. The molecule has 84 valence electrons. The number of nitrogens with zero attached hydrogens (tertiary/aromatic N) is 1. The van der Waals surface area contributed by atoms with Crippen molar-refractivity contribution in [1.29, 1.82) is 0 Å². The molecule has 0 amide bonds. The van der Waals surface area contributed by atoms with E-state index in [0.29, 0.717) is 18.1 Å². The smallest absolute Gasteiger partial charge is 0.304 e. The van der Waals surface area contributed by atoms with Crippen LogP contribution in [0.3, 0.4) is 0 Å². The number of pyridine rings is 1. The van der Waals surface area contributed by atoms with Gasteiger partial charge in [-0.15, -0.1) is 0 Å². The number of nitrogen functional groups attached to an aromatic ring is 1.